The number of rotatable bonds is 7. The molecule has 0 aliphatic carbocycles. The van der Waals surface area contributed by atoms with E-state index in [1.165, 1.54) is 12.1 Å². The van der Waals surface area contributed by atoms with Gasteiger partial charge in [0, 0.05) is 12.1 Å². The molecule has 0 saturated carbocycles. The Morgan fingerprint density at radius 2 is 1.48 bits per heavy atom. The van der Waals surface area contributed by atoms with E-state index in [1.807, 2.05) is 24.3 Å². The third kappa shape index (κ3) is 4.49. The molecule has 0 aromatic heterocycles. The molecular weight excluding hydrogens is 270 g/mol. The number of benzene rings is 2. The number of ether oxygens (including phenoxy) is 2. The zero-order valence-corrected chi connectivity index (χ0v) is 11.8. The van der Waals surface area contributed by atoms with E-state index in [0.29, 0.717) is 18.1 Å². The van der Waals surface area contributed by atoms with Crippen molar-refractivity contribution in [3.05, 3.63) is 58.6 Å². The molecule has 0 amide bonds. The summed E-state index contributed by atoms with van der Waals surface area (Å²) >= 11 is 0. The molecule has 110 valence electrons. The zero-order chi connectivity index (χ0) is 15.1. The summed E-state index contributed by atoms with van der Waals surface area (Å²) in [6.45, 7) is 2.82. The maximum Gasteiger partial charge on any atom is 0.269 e. The highest BCUT2D eigenvalue weighted by molar-refractivity contribution is 5.39. The van der Waals surface area contributed by atoms with Gasteiger partial charge in [0.1, 0.15) is 17.2 Å². The standard InChI is InChI=1S/C16H17NO4/c1-2-3-12-20-14-8-10-16(11-9-14)21-15-6-4-13(5-7-15)17(18)19/h4-11H,2-3,12H2,1H3. The van der Waals surface area contributed by atoms with Gasteiger partial charge in [0.05, 0.1) is 11.5 Å². The Hall–Kier alpha value is -2.56. The molecule has 0 saturated heterocycles. The second kappa shape index (κ2) is 7.28. The van der Waals surface area contributed by atoms with E-state index < -0.39 is 4.92 Å². The molecule has 2 rings (SSSR count). The predicted molar refractivity (Wildman–Crippen MR) is 80.0 cm³/mol. The molecule has 0 radical (unpaired) electrons. The van der Waals surface area contributed by atoms with Crippen LogP contribution in [0.4, 0.5) is 5.69 Å². The van der Waals surface area contributed by atoms with Crippen LogP contribution in [0.25, 0.3) is 0 Å². The van der Waals surface area contributed by atoms with Crippen molar-refractivity contribution < 1.29 is 14.4 Å². The summed E-state index contributed by atoms with van der Waals surface area (Å²) in [7, 11) is 0. The lowest BCUT2D eigenvalue weighted by Crippen LogP contribution is -1.96. The molecule has 2 aromatic carbocycles. The van der Waals surface area contributed by atoms with Crippen LogP contribution in [0.5, 0.6) is 17.2 Å². The van der Waals surface area contributed by atoms with Crippen molar-refractivity contribution in [2.24, 2.45) is 0 Å². The summed E-state index contributed by atoms with van der Waals surface area (Å²) in [4.78, 5) is 10.1. The average molecular weight is 287 g/mol. The van der Waals surface area contributed by atoms with Crippen LogP contribution in [0.2, 0.25) is 0 Å². The van der Waals surface area contributed by atoms with E-state index in [4.69, 9.17) is 9.47 Å². The molecule has 0 spiro atoms. The Labute approximate surface area is 123 Å². The summed E-state index contributed by atoms with van der Waals surface area (Å²) in [5.74, 6) is 2.02. The lowest BCUT2D eigenvalue weighted by atomic mass is 10.3. The van der Waals surface area contributed by atoms with Crippen LogP contribution in [0.15, 0.2) is 48.5 Å². The van der Waals surface area contributed by atoms with Crippen LogP contribution in [-0.2, 0) is 0 Å². The number of nitro benzene ring substituents is 1. The summed E-state index contributed by atoms with van der Waals surface area (Å²) in [6, 6.07) is 13.3. The summed E-state index contributed by atoms with van der Waals surface area (Å²) in [5, 5.41) is 10.6. The highest BCUT2D eigenvalue weighted by atomic mass is 16.6. The molecule has 0 aliphatic heterocycles. The first-order chi connectivity index (χ1) is 10.2. The fourth-order valence-electron chi connectivity index (χ4n) is 1.71. The van der Waals surface area contributed by atoms with E-state index in [-0.39, 0.29) is 5.69 Å². The average Bonchev–Trinajstić information content (AvgIpc) is 2.50. The van der Waals surface area contributed by atoms with Crippen molar-refractivity contribution in [2.45, 2.75) is 19.8 Å². The molecule has 0 fully saturated rings. The molecular formula is C16H17NO4. The summed E-state index contributed by atoms with van der Waals surface area (Å²) in [5.41, 5.74) is 0.0435. The molecule has 0 heterocycles. The van der Waals surface area contributed by atoms with Gasteiger partial charge in [-0.15, -0.1) is 0 Å². The zero-order valence-electron chi connectivity index (χ0n) is 11.8. The SMILES string of the molecule is CCCCOc1ccc(Oc2ccc([N+](=O)[O-])cc2)cc1. The van der Waals surface area contributed by atoms with Gasteiger partial charge in [-0.2, -0.15) is 0 Å². The number of non-ortho nitro benzene ring substituents is 1. The highest BCUT2D eigenvalue weighted by Gasteiger charge is 2.05. The molecule has 0 bridgehead atoms. The fourth-order valence-corrected chi connectivity index (χ4v) is 1.71. The maximum atomic E-state index is 10.6. The Kier molecular flexibility index (Phi) is 5.15. The van der Waals surface area contributed by atoms with Gasteiger partial charge >= 0.3 is 0 Å². The first kappa shape index (κ1) is 14.8. The summed E-state index contributed by atoms with van der Waals surface area (Å²) < 4.78 is 11.2. The third-order valence-electron chi connectivity index (χ3n) is 2.87. The minimum Gasteiger partial charge on any atom is -0.494 e. The van der Waals surface area contributed by atoms with Gasteiger partial charge in [-0.1, -0.05) is 13.3 Å². The van der Waals surface area contributed by atoms with Crippen LogP contribution in [0.1, 0.15) is 19.8 Å². The van der Waals surface area contributed by atoms with Crippen LogP contribution in [0, 0.1) is 10.1 Å². The third-order valence-corrected chi connectivity index (χ3v) is 2.87. The highest BCUT2D eigenvalue weighted by Crippen LogP contribution is 2.25. The van der Waals surface area contributed by atoms with Crippen molar-refractivity contribution >= 4 is 5.69 Å². The first-order valence-electron chi connectivity index (χ1n) is 6.84. The Morgan fingerprint density at radius 3 is 2.00 bits per heavy atom. The van der Waals surface area contributed by atoms with Crippen LogP contribution >= 0.6 is 0 Å². The largest absolute Gasteiger partial charge is 0.494 e. The van der Waals surface area contributed by atoms with Crippen LogP contribution in [-0.4, -0.2) is 11.5 Å². The van der Waals surface area contributed by atoms with Gasteiger partial charge in [-0.05, 0) is 42.8 Å². The minimum atomic E-state index is -0.438. The molecule has 0 atom stereocenters. The monoisotopic (exact) mass is 287 g/mol. The number of unbranched alkanes of at least 4 members (excludes halogenated alkanes) is 1. The first-order valence-corrected chi connectivity index (χ1v) is 6.84. The maximum absolute atomic E-state index is 10.6. The van der Waals surface area contributed by atoms with Gasteiger partial charge in [0.15, 0.2) is 0 Å². The van der Waals surface area contributed by atoms with Crippen molar-refractivity contribution in [1.82, 2.24) is 0 Å². The Morgan fingerprint density at radius 1 is 0.952 bits per heavy atom. The van der Waals surface area contributed by atoms with Gasteiger partial charge in [-0.3, -0.25) is 10.1 Å². The molecule has 0 aliphatic rings. The van der Waals surface area contributed by atoms with E-state index in [9.17, 15) is 10.1 Å². The fraction of sp³-hybridized carbons (Fsp3) is 0.250. The Bertz CT molecular complexity index is 578. The number of hydrogen-bond donors (Lipinski definition) is 0. The summed E-state index contributed by atoms with van der Waals surface area (Å²) in [6.07, 6.45) is 2.13. The lowest BCUT2D eigenvalue weighted by Gasteiger charge is -2.08. The minimum absolute atomic E-state index is 0.0435. The van der Waals surface area contributed by atoms with E-state index >= 15 is 0 Å². The molecule has 21 heavy (non-hydrogen) atoms. The van der Waals surface area contributed by atoms with Crippen LogP contribution in [0.3, 0.4) is 0 Å². The molecule has 0 unspecified atom stereocenters. The normalized spacial score (nSPS) is 10.1. The molecule has 2 aromatic rings. The molecule has 5 heteroatoms. The van der Waals surface area contributed by atoms with Gasteiger partial charge in [0.2, 0.25) is 0 Å². The topological polar surface area (TPSA) is 61.6 Å². The number of hydrogen-bond acceptors (Lipinski definition) is 4. The lowest BCUT2D eigenvalue weighted by molar-refractivity contribution is -0.384. The second-order valence-electron chi connectivity index (χ2n) is 4.53. The molecule has 0 N–H and O–H groups in total. The van der Waals surface area contributed by atoms with Crippen molar-refractivity contribution in [1.29, 1.82) is 0 Å². The van der Waals surface area contributed by atoms with Gasteiger partial charge < -0.3 is 9.47 Å². The van der Waals surface area contributed by atoms with Crippen molar-refractivity contribution in [2.75, 3.05) is 6.61 Å². The Balaban J connectivity index is 1.94. The van der Waals surface area contributed by atoms with Crippen molar-refractivity contribution in [3.63, 3.8) is 0 Å². The predicted octanol–water partition coefficient (Wildman–Crippen LogP) is 4.57. The van der Waals surface area contributed by atoms with Gasteiger partial charge in [-0.25, -0.2) is 0 Å². The van der Waals surface area contributed by atoms with Crippen LogP contribution < -0.4 is 9.47 Å². The van der Waals surface area contributed by atoms with E-state index in [2.05, 4.69) is 6.92 Å². The van der Waals surface area contributed by atoms with Gasteiger partial charge in [0.25, 0.3) is 5.69 Å². The number of nitrogens with zero attached hydrogens (tertiary/aromatic N) is 1. The number of nitro groups is 1. The van der Waals surface area contributed by atoms with Crippen molar-refractivity contribution in [3.8, 4) is 17.2 Å². The van der Waals surface area contributed by atoms with E-state index in [0.717, 1.165) is 18.6 Å². The van der Waals surface area contributed by atoms with E-state index in [1.54, 1.807) is 12.1 Å². The molecule has 5 nitrogen and oxygen atoms in total. The smallest absolute Gasteiger partial charge is 0.269 e. The second-order valence-corrected chi connectivity index (χ2v) is 4.53. The quantitative estimate of drug-likeness (QED) is 0.425.